The minimum absolute atomic E-state index is 0.00276. The molecule has 122 valence electrons. The second-order valence-electron chi connectivity index (χ2n) is 5.44. The molecule has 0 heterocycles. The Morgan fingerprint density at radius 1 is 1.18 bits per heavy atom. The van der Waals surface area contributed by atoms with Crippen molar-refractivity contribution in [2.24, 2.45) is 0 Å². The molecule has 0 aliphatic carbocycles. The fourth-order valence-corrected chi connectivity index (χ4v) is 1.95. The molecule has 0 aliphatic rings. The van der Waals surface area contributed by atoms with Crippen molar-refractivity contribution in [1.82, 2.24) is 15.1 Å². The highest BCUT2D eigenvalue weighted by atomic mass is 19.1. The number of nitrogens with zero attached hydrogens (tertiary/aromatic N) is 2. The number of amides is 2. The molecule has 0 atom stereocenters. The van der Waals surface area contributed by atoms with Crippen LogP contribution in [-0.4, -0.2) is 61.9 Å². The van der Waals surface area contributed by atoms with Crippen LogP contribution in [-0.2, 0) is 16.0 Å². The van der Waals surface area contributed by atoms with Crippen LogP contribution in [0.15, 0.2) is 24.3 Å². The molecule has 1 N–H and O–H groups in total. The Bertz CT molecular complexity index is 506. The topological polar surface area (TPSA) is 52.7 Å². The van der Waals surface area contributed by atoms with E-state index < -0.39 is 0 Å². The van der Waals surface area contributed by atoms with Crippen LogP contribution in [0, 0.1) is 5.82 Å². The van der Waals surface area contributed by atoms with Crippen molar-refractivity contribution in [1.29, 1.82) is 0 Å². The summed E-state index contributed by atoms with van der Waals surface area (Å²) in [5.74, 6) is -0.689. The van der Waals surface area contributed by atoms with Gasteiger partial charge in [-0.05, 0) is 32.1 Å². The third kappa shape index (κ3) is 6.67. The first-order chi connectivity index (χ1) is 10.4. The molecule has 0 radical (unpaired) electrons. The predicted octanol–water partition coefficient (Wildman–Crippen LogP) is 0.895. The Kier molecular flexibility index (Phi) is 7.52. The Morgan fingerprint density at radius 3 is 2.45 bits per heavy atom. The minimum Gasteiger partial charge on any atom is -0.353 e. The van der Waals surface area contributed by atoms with Gasteiger partial charge in [0.15, 0.2) is 0 Å². The molecule has 1 aromatic carbocycles. The van der Waals surface area contributed by atoms with Gasteiger partial charge in [-0.25, -0.2) is 4.39 Å². The zero-order chi connectivity index (χ0) is 16.5. The van der Waals surface area contributed by atoms with Crippen LogP contribution in [0.3, 0.4) is 0 Å². The highest BCUT2D eigenvalue weighted by Crippen LogP contribution is 2.08. The van der Waals surface area contributed by atoms with Crippen LogP contribution in [0.1, 0.15) is 12.5 Å². The van der Waals surface area contributed by atoms with Gasteiger partial charge in [0, 0.05) is 26.6 Å². The maximum absolute atomic E-state index is 13.6. The lowest BCUT2D eigenvalue weighted by Gasteiger charge is -2.21. The van der Waals surface area contributed by atoms with Crippen molar-refractivity contribution in [3.8, 4) is 0 Å². The number of likely N-dealkylation sites (N-methyl/N-ethyl adjacent to an activating group) is 1. The molecule has 0 saturated heterocycles. The van der Waals surface area contributed by atoms with Crippen molar-refractivity contribution in [3.63, 3.8) is 0 Å². The van der Waals surface area contributed by atoms with E-state index in [9.17, 15) is 14.0 Å². The van der Waals surface area contributed by atoms with Crippen molar-refractivity contribution < 1.29 is 14.0 Å². The van der Waals surface area contributed by atoms with E-state index in [0.29, 0.717) is 25.1 Å². The maximum Gasteiger partial charge on any atom is 0.239 e. The van der Waals surface area contributed by atoms with Crippen LogP contribution < -0.4 is 5.32 Å². The summed E-state index contributed by atoms with van der Waals surface area (Å²) in [6, 6.07) is 6.45. The van der Waals surface area contributed by atoms with Crippen LogP contribution in [0.25, 0.3) is 0 Å². The molecular weight excluding hydrogens is 285 g/mol. The van der Waals surface area contributed by atoms with Gasteiger partial charge in [-0.15, -0.1) is 0 Å². The summed E-state index contributed by atoms with van der Waals surface area (Å²) < 4.78 is 13.6. The van der Waals surface area contributed by atoms with E-state index in [1.54, 1.807) is 18.2 Å². The molecule has 1 aromatic rings. The van der Waals surface area contributed by atoms with Crippen molar-refractivity contribution in [2.75, 3.05) is 40.3 Å². The van der Waals surface area contributed by atoms with Crippen molar-refractivity contribution in [2.45, 2.75) is 13.3 Å². The summed E-state index contributed by atoms with van der Waals surface area (Å²) in [4.78, 5) is 26.8. The summed E-state index contributed by atoms with van der Waals surface area (Å²) in [6.45, 7) is 3.00. The molecule has 22 heavy (non-hydrogen) atoms. The van der Waals surface area contributed by atoms with E-state index in [4.69, 9.17) is 0 Å². The largest absolute Gasteiger partial charge is 0.353 e. The number of benzene rings is 1. The number of halogens is 1. The van der Waals surface area contributed by atoms with Gasteiger partial charge in [-0.2, -0.15) is 0 Å². The molecule has 0 aliphatic heterocycles. The zero-order valence-electron chi connectivity index (χ0n) is 13.4. The van der Waals surface area contributed by atoms with Crippen molar-refractivity contribution in [3.05, 3.63) is 35.6 Å². The number of carbonyl (C=O) groups is 2. The first kappa shape index (κ1) is 18.1. The van der Waals surface area contributed by atoms with Crippen LogP contribution in [0.5, 0.6) is 0 Å². The lowest BCUT2D eigenvalue weighted by Crippen LogP contribution is -2.42. The maximum atomic E-state index is 13.6. The normalized spacial score (nSPS) is 10.6. The molecule has 6 heteroatoms. The van der Waals surface area contributed by atoms with Gasteiger partial charge in [0.05, 0.1) is 6.54 Å². The second kappa shape index (κ2) is 9.15. The molecule has 0 saturated carbocycles. The summed E-state index contributed by atoms with van der Waals surface area (Å²) in [7, 11) is 3.84. The Morgan fingerprint density at radius 2 is 1.86 bits per heavy atom. The van der Waals surface area contributed by atoms with Gasteiger partial charge in [-0.3, -0.25) is 9.59 Å². The highest BCUT2D eigenvalue weighted by molar-refractivity contribution is 5.83. The lowest BCUT2D eigenvalue weighted by atomic mass is 10.1. The molecule has 0 aromatic heterocycles. The van der Waals surface area contributed by atoms with Crippen LogP contribution >= 0.6 is 0 Å². The zero-order valence-corrected chi connectivity index (χ0v) is 13.4. The molecule has 0 bridgehead atoms. The number of hydrogen-bond acceptors (Lipinski definition) is 3. The fraction of sp³-hybridized carbons (Fsp3) is 0.500. The van der Waals surface area contributed by atoms with Gasteiger partial charge in [-0.1, -0.05) is 18.2 Å². The SMILES string of the molecule is CC(=O)N(CCc1ccccc1F)CC(=O)NCCN(C)C. The standard InChI is InChI=1S/C16H24FN3O2/c1-13(21)20(12-16(22)18-9-11-19(2)3)10-8-14-6-4-5-7-15(14)17/h4-7H,8-12H2,1-3H3,(H,18,22). The monoisotopic (exact) mass is 309 g/mol. The van der Waals surface area contributed by atoms with E-state index in [1.165, 1.54) is 17.9 Å². The molecule has 0 fully saturated rings. The first-order valence-electron chi connectivity index (χ1n) is 7.30. The fourth-order valence-electron chi connectivity index (χ4n) is 1.95. The molecular formula is C16H24FN3O2. The van der Waals surface area contributed by atoms with E-state index in [-0.39, 0.29) is 24.2 Å². The first-order valence-corrected chi connectivity index (χ1v) is 7.30. The number of carbonyl (C=O) groups excluding carboxylic acids is 2. The van der Waals surface area contributed by atoms with E-state index >= 15 is 0 Å². The number of nitrogens with one attached hydrogen (secondary N) is 1. The van der Waals surface area contributed by atoms with Gasteiger partial charge >= 0.3 is 0 Å². The number of rotatable bonds is 8. The average Bonchev–Trinajstić information content (AvgIpc) is 2.44. The van der Waals surface area contributed by atoms with E-state index in [1.807, 2.05) is 19.0 Å². The molecule has 1 rings (SSSR count). The Labute approximate surface area is 131 Å². The third-order valence-electron chi connectivity index (χ3n) is 3.27. The van der Waals surface area contributed by atoms with Crippen molar-refractivity contribution >= 4 is 11.8 Å². The lowest BCUT2D eigenvalue weighted by molar-refractivity contribution is -0.134. The minimum atomic E-state index is -0.290. The third-order valence-corrected chi connectivity index (χ3v) is 3.27. The van der Waals surface area contributed by atoms with E-state index in [0.717, 1.165) is 6.54 Å². The predicted molar refractivity (Wildman–Crippen MR) is 83.9 cm³/mol. The average molecular weight is 309 g/mol. The molecule has 0 unspecified atom stereocenters. The summed E-state index contributed by atoms with van der Waals surface area (Å²) in [6.07, 6.45) is 0.386. The molecule has 0 spiro atoms. The summed E-state index contributed by atoms with van der Waals surface area (Å²) >= 11 is 0. The second-order valence-corrected chi connectivity index (χ2v) is 5.44. The van der Waals surface area contributed by atoms with E-state index in [2.05, 4.69) is 5.32 Å². The van der Waals surface area contributed by atoms with Gasteiger partial charge in [0.2, 0.25) is 11.8 Å². The molecule has 5 nitrogen and oxygen atoms in total. The smallest absolute Gasteiger partial charge is 0.239 e. The summed E-state index contributed by atoms with van der Waals surface area (Å²) in [5.41, 5.74) is 0.543. The summed E-state index contributed by atoms with van der Waals surface area (Å²) in [5, 5.41) is 2.76. The van der Waals surface area contributed by atoms with Crippen LogP contribution in [0.4, 0.5) is 4.39 Å². The quantitative estimate of drug-likeness (QED) is 0.776. The number of hydrogen-bond donors (Lipinski definition) is 1. The van der Waals surface area contributed by atoms with Crippen LogP contribution in [0.2, 0.25) is 0 Å². The molecule has 2 amide bonds. The van der Waals surface area contributed by atoms with Gasteiger partial charge in [0.1, 0.15) is 5.82 Å². The van der Waals surface area contributed by atoms with Gasteiger partial charge < -0.3 is 15.1 Å². The van der Waals surface area contributed by atoms with Gasteiger partial charge in [0.25, 0.3) is 0 Å². The highest BCUT2D eigenvalue weighted by Gasteiger charge is 2.14. The Hall–Kier alpha value is -1.95. The Balaban J connectivity index is 2.47.